The van der Waals surface area contributed by atoms with Gasteiger partial charge in [-0.25, -0.2) is 0 Å². The van der Waals surface area contributed by atoms with Crippen LogP contribution in [-0.2, 0) is 0 Å². The third kappa shape index (κ3) is 1.43. The molecule has 2 rings (SSSR count). The molecule has 2 fully saturated rings. The summed E-state index contributed by atoms with van der Waals surface area (Å²) in [7, 11) is 0. The average molecular weight is 180 g/mol. The predicted molar refractivity (Wildman–Crippen MR) is 57.7 cm³/mol. The molecule has 13 heavy (non-hydrogen) atoms. The molecular formula is C13H24. The van der Waals surface area contributed by atoms with Crippen LogP contribution in [-0.4, -0.2) is 0 Å². The van der Waals surface area contributed by atoms with E-state index >= 15 is 0 Å². The molecule has 0 heteroatoms. The minimum Gasteiger partial charge on any atom is -0.0648 e. The molecule has 0 spiro atoms. The first-order valence-electron chi connectivity index (χ1n) is 6.12. The Morgan fingerprint density at radius 1 is 1.23 bits per heavy atom. The third-order valence-corrected chi connectivity index (χ3v) is 5.10. The Balaban J connectivity index is 2.05. The van der Waals surface area contributed by atoms with Crippen LogP contribution in [0.2, 0.25) is 0 Å². The Kier molecular flexibility index (Phi) is 2.20. The molecule has 0 N–H and O–H groups in total. The van der Waals surface area contributed by atoms with Gasteiger partial charge in [-0.05, 0) is 42.4 Å². The van der Waals surface area contributed by atoms with Crippen molar-refractivity contribution in [2.24, 2.45) is 16.7 Å². The van der Waals surface area contributed by atoms with Crippen molar-refractivity contribution in [1.29, 1.82) is 0 Å². The fraction of sp³-hybridized carbons (Fsp3) is 1.00. The normalized spacial score (nSPS) is 50.5. The highest BCUT2D eigenvalue weighted by Crippen LogP contribution is 2.71. The van der Waals surface area contributed by atoms with Gasteiger partial charge in [-0.2, -0.15) is 0 Å². The Morgan fingerprint density at radius 3 is 2.69 bits per heavy atom. The maximum Gasteiger partial charge on any atom is -0.0241 e. The summed E-state index contributed by atoms with van der Waals surface area (Å²) < 4.78 is 0. The molecule has 0 aromatic rings. The molecule has 0 heterocycles. The molecule has 0 saturated heterocycles. The molecule has 0 bridgehead atoms. The summed E-state index contributed by atoms with van der Waals surface area (Å²) in [5.74, 6) is 0.994. The van der Waals surface area contributed by atoms with Gasteiger partial charge in [0.1, 0.15) is 0 Å². The molecule has 0 aromatic carbocycles. The minimum absolute atomic E-state index is 0.752. The van der Waals surface area contributed by atoms with Crippen LogP contribution in [0.5, 0.6) is 0 Å². The van der Waals surface area contributed by atoms with Crippen LogP contribution in [0.4, 0.5) is 0 Å². The van der Waals surface area contributed by atoms with E-state index in [1.807, 2.05) is 0 Å². The highest BCUT2D eigenvalue weighted by Gasteiger charge is 2.61. The maximum atomic E-state index is 2.53. The summed E-state index contributed by atoms with van der Waals surface area (Å²) in [4.78, 5) is 0. The Labute approximate surface area is 83.1 Å². The maximum absolute atomic E-state index is 2.53. The van der Waals surface area contributed by atoms with E-state index in [1.54, 1.807) is 0 Å². The zero-order valence-corrected chi connectivity index (χ0v) is 9.53. The van der Waals surface area contributed by atoms with Gasteiger partial charge in [0.25, 0.3) is 0 Å². The molecule has 0 nitrogen and oxygen atoms in total. The van der Waals surface area contributed by atoms with Crippen molar-refractivity contribution in [3.63, 3.8) is 0 Å². The van der Waals surface area contributed by atoms with Gasteiger partial charge in [-0.15, -0.1) is 0 Å². The van der Waals surface area contributed by atoms with Crippen LogP contribution in [0.3, 0.4) is 0 Å². The minimum atomic E-state index is 0.752. The second kappa shape index (κ2) is 3.00. The largest absolute Gasteiger partial charge is 0.0648 e. The van der Waals surface area contributed by atoms with Gasteiger partial charge < -0.3 is 0 Å². The zero-order valence-electron chi connectivity index (χ0n) is 9.53. The van der Waals surface area contributed by atoms with Crippen LogP contribution in [0.15, 0.2) is 0 Å². The molecule has 3 atom stereocenters. The number of rotatable bonds is 1. The van der Waals surface area contributed by atoms with Crippen LogP contribution in [0.1, 0.15) is 65.7 Å². The molecule has 0 radical (unpaired) electrons. The van der Waals surface area contributed by atoms with E-state index in [2.05, 4.69) is 20.8 Å². The van der Waals surface area contributed by atoms with E-state index in [4.69, 9.17) is 0 Å². The Hall–Kier alpha value is 0. The monoisotopic (exact) mass is 180 g/mol. The molecule has 2 saturated carbocycles. The van der Waals surface area contributed by atoms with Gasteiger partial charge in [0.15, 0.2) is 0 Å². The van der Waals surface area contributed by atoms with Crippen LogP contribution < -0.4 is 0 Å². The van der Waals surface area contributed by atoms with Crippen molar-refractivity contribution in [3.8, 4) is 0 Å². The van der Waals surface area contributed by atoms with Gasteiger partial charge in [0, 0.05) is 0 Å². The van der Waals surface area contributed by atoms with Gasteiger partial charge in [-0.1, -0.05) is 40.0 Å². The van der Waals surface area contributed by atoms with Crippen LogP contribution in [0, 0.1) is 16.7 Å². The number of hydrogen-bond acceptors (Lipinski definition) is 0. The van der Waals surface area contributed by atoms with E-state index in [0.29, 0.717) is 0 Å². The van der Waals surface area contributed by atoms with E-state index in [1.165, 1.54) is 44.9 Å². The fourth-order valence-electron chi connectivity index (χ4n) is 3.68. The second-order valence-electron chi connectivity index (χ2n) is 5.91. The topological polar surface area (TPSA) is 0 Å². The summed E-state index contributed by atoms with van der Waals surface area (Å²) in [6, 6.07) is 0. The molecule has 2 aliphatic rings. The average Bonchev–Trinajstić information content (AvgIpc) is 2.66. The van der Waals surface area contributed by atoms with Crippen molar-refractivity contribution in [2.45, 2.75) is 65.7 Å². The summed E-state index contributed by atoms with van der Waals surface area (Å²) in [6.07, 6.45) is 10.4. The first-order chi connectivity index (χ1) is 6.12. The first-order valence-corrected chi connectivity index (χ1v) is 6.12. The number of hydrogen-bond donors (Lipinski definition) is 0. The molecule has 0 aliphatic heterocycles. The summed E-state index contributed by atoms with van der Waals surface area (Å²) >= 11 is 0. The SMILES string of the molecule is CCC12CCC(C)CCCC1(C)C2. The Morgan fingerprint density at radius 2 is 2.00 bits per heavy atom. The summed E-state index contributed by atoms with van der Waals surface area (Å²) in [5.41, 5.74) is 1.53. The van der Waals surface area contributed by atoms with Crippen LogP contribution in [0.25, 0.3) is 0 Å². The lowest BCUT2D eigenvalue weighted by molar-refractivity contribution is 0.245. The van der Waals surface area contributed by atoms with E-state index in [-0.39, 0.29) is 0 Å². The van der Waals surface area contributed by atoms with Gasteiger partial charge in [-0.3, -0.25) is 0 Å². The van der Waals surface area contributed by atoms with E-state index in [0.717, 1.165) is 16.7 Å². The lowest BCUT2D eigenvalue weighted by atomic mass is 9.79. The van der Waals surface area contributed by atoms with Gasteiger partial charge in [0.05, 0.1) is 0 Å². The lowest BCUT2D eigenvalue weighted by Crippen LogP contribution is -2.15. The highest BCUT2D eigenvalue weighted by atomic mass is 14.7. The van der Waals surface area contributed by atoms with Crippen molar-refractivity contribution in [3.05, 3.63) is 0 Å². The Bertz CT molecular complexity index is 196. The van der Waals surface area contributed by atoms with E-state index in [9.17, 15) is 0 Å². The quantitative estimate of drug-likeness (QED) is 0.561. The van der Waals surface area contributed by atoms with Crippen molar-refractivity contribution < 1.29 is 0 Å². The predicted octanol–water partition coefficient (Wildman–Crippen LogP) is 4.39. The lowest BCUT2D eigenvalue weighted by Gasteiger charge is -2.27. The molecular weight excluding hydrogens is 156 g/mol. The first kappa shape index (κ1) is 9.55. The molecule has 3 unspecified atom stereocenters. The molecule has 2 aliphatic carbocycles. The second-order valence-corrected chi connectivity index (χ2v) is 5.91. The molecule has 0 amide bonds. The third-order valence-electron chi connectivity index (χ3n) is 5.10. The molecule has 0 aromatic heterocycles. The standard InChI is InChI=1S/C13H24/c1-4-13-9-7-11(2)6-5-8-12(13,3)10-13/h11H,4-10H2,1-3H3. The van der Waals surface area contributed by atoms with Crippen LogP contribution >= 0.6 is 0 Å². The van der Waals surface area contributed by atoms with Crippen molar-refractivity contribution in [1.82, 2.24) is 0 Å². The van der Waals surface area contributed by atoms with Gasteiger partial charge >= 0.3 is 0 Å². The molecule has 76 valence electrons. The summed E-state index contributed by atoms with van der Waals surface area (Å²) in [5, 5.41) is 0. The van der Waals surface area contributed by atoms with Crippen molar-refractivity contribution in [2.75, 3.05) is 0 Å². The van der Waals surface area contributed by atoms with E-state index < -0.39 is 0 Å². The van der Waals surface area contributed by atoms with Crippen molar-refractivity contribution >= 4 is 0 Å². The number of fused-ring (bicyclic) bond motifs is 1. The zero-order chi connectivity index (χ0) is 9.53. The fourth-order valence-corrected chi connectivity index (χ4v) is 3.68. The smallest absolute Gasteiger partial charge is 0.0241 e. The summed E-state index contributed by atoms with van der Waals surface area (Å²) in [6.45, 7) is 7.37. The van der Waals surface area contributed by atoms with Gasteiger partial charge in [0.2, 0.25) is 0 Å². The highest BCUT2D eigenvalue weighted by molar-refractivity contribution is 5.11.